The molecule has 10 heteroatoms. The van der Waals surface area contributed by atoms with E-state index < -0.39 is 29.2 Å². The van der Waals surface area contributed by atoms with E-state index in [1.54, 1.807) is 6.07 Å². The Hall–Kier alpha value is -3.69. The van der Waals surface area contributed by atoms with Crippen LogP contribution in [0.2, 0.25) is 5.02 Å². The maximum atomic E-state index is 13.4. The zero-order chi connectivity index (χ0) is 24.3. The summed E-state index contributed by atoms with van der Waals surface area (Å²) in [6, 6.07) is 13.1. The van der Waals surface area contributed by atoms with Gasteiger partial charge in [0.05, 0.1) is 33.1 Å². The second kappa shape index (κ2) is 9.43. The van der Waals surface area contributed by atoms with Crippen molar-refractivity contribution in [1.29, 1.82) is 5.41 Å². The first-order chi connectivity index (χ1) is 15.5. The molecule has 0 unspecified atom stereocenters. The predicted molar refractivity (Wildman–Crippen MR) is 118 cm³/mol. The zero-order valence-corrected chi connectivity index (χ0v) is 17.6. The van der Waals surface area contributed by atoms with Crippen LogP contribution in [-0.4, -0.2) is 22.7 Å². The standard InChI is InChI=1S/C23H17ClF3N3O3/c24-17-3-1-2-16(23(25,26)27)19(17)21(31)30-18-10-12(11-28)4-9-15(18)20(29)13-5-7-14(8-6-13)22(32)33/h1-10,29H,11,28H2,(H,30,31)(H,32,33). The van der Waals surface area contributed by atoms with Gasteiger partial charge in [-0.25, -0.2) is 4.79 Å². The van der Waals surface area contributed by atoms with Gasteiger partial charge < -0.3 is 16.2 Å². The van der Waals surface area contributed by atoms with Crippen LogP contribution >= 0.6 is 11.6 Å². The minimum atomic E-state index is -4.81. The fourth-order valence-electron chi connectivity index (χ4n) is 3.15. The number of hydrogen-bond acceptors (Lipinski definition) is 4. The molecule has 0 radical (unpaired) electrons. The minimum absolute atomic E-state index is 0.0250. The monoisotopic (exact) mass is 475 g/mol. The number of halogens is 4. The van der Waals surface area contributed by atoms with Crippen LogP contribution in [-0.2, 0) is 12.7 Å². The maximum absolute atomic E-state index is 13.4. The van der Waals surface area contributed by atoms with Gasteiger partial charge >= 0.3 is 12.1 Å². The molecule has 0 aliphatic carbocycles. The molecule has 0 bridgehead atoms. The predicted octanol–water partition coefficient (Wildman–Crippen LogP) is 5.18. The molecule has 1 amide bonds. The Balaban J connectivity index is 2.03. The normalized spacial score (nSPS) is 11.2. The first-order valence-corrected chi connectivity index (χ1v) is 9.83. The highest BCUT2D eigenvalue weighted by Crippen LogP contribution is 2.35. The van der Waals surface area contributed by atoms with Crippen LogP contribution in [0.5, 0.6) is 0 Å². The van der Waals surface area contributed by atoms with Crippen LogP contribution in [0.15, 0.2) is 60.7 Å². The number of carboxylic acid groups (broad SMARTS) is 1. The van der Waals surface area contributed by atoms with Gasteiger partial charge in [-0.2, -0.15) is 13.2 Å². The third-order valence-corrected chi connectivity index (χ3v) is 5.12. The van der Waals surface area contributed by atoms with E-state index in [9.17, 15) is 22.8 Å². The second-order valence-electron chi connectivity index (χ2n) is 6.96. The Morgan fingerprint density at radius 1 is 1.03 bits per heavy atom. The Kier molecular flexibility index (Phi) is 6.85. The molecule has 0 heterocycles. The summed E-state index contributed by atoms with van der Waals surface area (Å²) in [6.45, 7) is 0.0870. The molecular formula is C23H17ClF3N3O3. The molecule has 3 rings (SSSR count). The first kappa shape index (κ1) is 24.0. The number of carbonyl (C=O) groups excluding carboxylic acids is 1. The molecular weight excluding hydrogens is 459 g/mol. The fraction of sp³-hybridized carbons (Fsp3) is 0.0870. The molecule has 0 atom stereocenters. The number of nitrogens with two attached hydrogens (primary N) is 1. The van der Waals surface area contributed by atoms with Crippen molar-refractivity contribution in [2.75, 3.05) is 5.32 Å². The lowest BCUT2D eigenvalue weighted by Gasteiger charge is -2.17. The quantitative estimate of drug-likeness (QED) is 0.367. The van der Waals surface area contributed by atoms with Crippen molar-refractivity contribution in [2.24, 2.45) is 5.73 Å². The van der Waals surface area contributed by atoms with Crippen molar-refractivity contribution in [1.82, 2.24) is 0 Å². The van der Waals surface area contributed by atoms with Crippen molar-refractivity contribution in [2.45, 2.75) is 12.7 Å². The second-order valence-corrected chi connectivity index (χ2v) is 7.36. The lowest BCUT2D eigenvalue weighted by Crippen LogP contribution is -2.21. The van der Waals surface area contributed by atoms with Crippen LogP contribution in [0, 0.1) is 5.41 Å². The smallest absolute Gasteiger partial charge is 0.417 e. The number of anilines is 1. The van der Waals surface area contributed by atoms with Gasteiger partial charge in [0, 0.05) is 17.7 Å². The molecule has 0 saturated heterocycles. The van der Waals surface area contributed by atoms with Crippen LogP contribution in [0.4, 0.5) is 18.9 Å². The Morgan fingerprint density at radius 3 is 2.24 bits per heavy atom. The van der Waals surface area contributed by atoms with E-state index in [1.807, 2.05) is 0 Å². The molecule has 33 heavy (non-hydrogen) atoms. The number of carboxylic acids is 1. The van der Waals surface area contributed by atoms with Gasteiger partial charge in [-0.15, -0.1) is 0 Å². The topological polar surface area (TPSA) is 116 Å². The molecule has 6 nitrogen and oxygen atoms in total. The van der Waals surface area contributed by atoms with Gasteiger partial charge in [-0.05, 0) is 35.9 Å². The van der Waals surface area contributed by atoms with Crippen LogP contribution in [0.25, 0.3) is 0 Å². The lowest BCUT2D eigenvalue weighted by atomic mass is 9.97. The zero-order valence-electron chi connectivity index (χ0n) is 16.8. The van der Waals surface area contributed by atoms with Crippen molar-refractivity contribution < 1.29 is 27.9 Å². The summed E-state index contributed by atoms with van der Waals surface area (Å²) in [6.07, 6.45) is -4.81. The Bertz CT molecular complexity index is 1240. The number of rotatable bonds is 6. The number of carbonyl (C=O) groups is 2. The van der Waals surface area contributed by atoms with Gasteiger partial charge in [0.2, 0.25) is 0 Å². The number of nitrogens with one attached hydrogen (secondary N) is 2. The summed E-state index contributed by atoms with van der Waals surface area (Å²) in [5, 5.41) is 19.6. The number of alkyl halides is 3. The first-order valence-electron chi connectivity index (χ1n) is 9.45. The Labute approximate surface area is 191 Å². The highest BCUT2D eigenvalue weighted by atomic mass is 35.5. The number of benzene rings is 3. The van der Waals surface area contributed by atoms with Crippen molar-refractivity contribution in [3.63, 3.8) is 0 Å². The minimum Gasteiger partial charge on any atom is -0.478 e. The van der Waals surface area contributed by atoms with Gasteiger partial charge in [0.15, 0.2) is 0 Å². The molecule has 0 fully saturated rings. The summed E-state index contributed by atoms with van der Waals surface area (Å²) in [5.41, 5.74) is 4.83. The average molecular weight is 476 g/mol. The fourth-order valence-corrected chi connectivity index (χ4v) is 3.41. The summed E-state index contributed by atoms with van der Waals surface area (Å²) >= 11 is 5.92. The van der Waals surface area contributed by atoms with Gasteiger partial charge in [0.25, 0.3) is 5.91 Å². The van der Waals surface area contributed by atoms with E-state index >= 15 is 0 Å². The van der Waals surface area contributed by atoms with E-state index in [0.717, 1.165) is 12.1 Å². The largest absolute Gasteiger partial charge is 0.478 e. The van der Waals surface area contributed by atoms with E-state index in [2.05, 4.69) is 5.32 Å². The highest BCUT2D eigenvalue weighted by Gasteiger charge is 2.36. The Morgan fingerprint density at radius 2 is 1.67 bits per heavy atom. The summed E-state index contributed by atoms with van der Waals surface area (Å²) < 4.78 is 40.3. The summed E-state index contributed by atoms with van der Waals surface area (Å²) in [4.78, 5) is 23.9. The van der Waals surface area contributed by atoms with Gasteiger partial charge in [0.1, 0.15) is 0 Å². The number of aromatic carboxylic acids is 1. The molecule has 0 saturated carbocycles. The highest BCUT2D eigenvalue weighted by molar-refractivity contribution is 6.34. The lowest BCUT2D eigenvalue weighted by molar-refractivity contribution is -0.137. The molecule has 0 aromatic heterocycles. The molecule has 0 aliphatic rings. The molecule has 3 aromatic rings. The maximum Gasteiger partial charge on any atom is 0.417 e. The SMILES string of the molecule is N=C(c1ccc(C(=O)O)cc1)c1ccc(CN)cc1NC(=O)c1c(Cl)cccc1C(F)(F)F. The molecule has 5 N–H and O–H groups in total. The molecule has 170 valence electrons. The van der Waals surface area contributed by atoms with Crippen molar-refractivity contribution >= 4 is 34.9 Å². The van der Waals surface area contributed by atoms with Gasteiger partial charge in [-0.3, -0.25) is 10.2 Å². The van der Waals surface area contributed by atoms with E-state index in [-0.39, 0.29) is 34.1 Å². The molecule has 3 aromatic carbocycles. The molecule has 0 spiro atoms. The van der Waals surface area contributed by atoms with E-state index in [1.165, 1.54) is 42.5 Å². The number of hydrogen-bond donors (Lipinski definition) is 4. The third kappa shape index (κ3) is 5.21. The summed E-state index contributed by atoms with van der Waals surface area (Å²) in [7, 11) is 0. The van der Waals surface area contributed by atoms with E-state index in [4.69, 9.17) is 27.9 Å². The van der Waals surface area contributed by atoms with Crippen LogP contribution < -0.4 is 11.1 Å². The van der Waals surface area contributed by atoms with Crippen LogP contribution in [0.3, 0.4) is 0 Å². The number of amides is 1. The molecule has 0 aliphatic heterocycles. The average Bonchev–Trinajstić information content (AvgIpc) is 2.77. The van der Waals surface area contributed by atoms with Crippen molar-refractivity contribution in [3.8, 4) is 0 Å². The van der Waals surface area contributed by atoms with Crippen molar-refractivity contribution in [3.05, 3.63) is 99.1 Å². The van der Waals surface area contributed by atoms with E-state index in [0.29, 0.717) is 11.1 Å². The third-order valence-electron chi connectivity index (χ3n) is 4.80. The van der Waals surface area contributed by atoms with Crippen LogP contribution in [0.1, 0.15) is 43.0 Å². The summed E-state index contributed by atoms with van der Waals surface area (Å²) in [5.74, 6) is -2.23. The van der Waals surface area contributed by atoms with Gasteiger partial charge in [-0.1, -0.05) is 41.9 Å².